The van der Waals surface area contributed by atoms with Crippen LogP contribution in [0, 0.1) is 20.2 Å². The lowest BCUT2D eigenvalue weighted by molar-refractivity contribution is -0.385. The number of hydrogen-bond acceptors (Lipinski definition) is 6. The van der Waals surface area contributed by atoms with Gasteiger partial charge in [0, 0.05) is 30.8 Å². The molecule has 0 unspecified atom stereocenters. The maximum Gasteiger partial charge on any atom is 0.270 e. The molecule has 1 aliphatic rings. The monoisotopic (exact) mass is 378 g/mol. The van der Waals surface area contributed by atoms with Crippen LogP contribution in [0.15, 0.2) is 47.3 Å². The van der Waals surface area contributed by atoms with Crippen molar-refractivity contribution < 1.29 is 9.85 Å². The van der Waals surface area contributed by atoms with E-state index in [2.05, 4.69) is 4.98 Å². The van der Waals surface area contributed by atoms with E-state index >= 15 is 0 Å². The van der Waals surface area contributed by atoms with Crippen molar-refractivity contribution in [2.75, 3.05) is 0 Å². The topological polar surface area (TPSA) is 121 Å². The Hall–Kier alpha value is -3.88. The fourth-order valence-electron chi connectivity index (χ4n) is 3.34. The molecule has 9 heteroatoms. The normalized spacial score (nSPS) is 14.8. The summed E-state index contributed by atoms with van der Waals surface area (Å²) >= 11 is 0. The molecule has 0 aliphatic carbocycles. The van der Waals surface area contributed by atoms with Crippen LogP contribution in [0.3, 0.4) is 0 Å². The predicted molar refractivity (Wildman–Crippen MR) is 103 cm³/mol. The highest BCUT2D eigenvalue weighted by molar-refractivity contribution is 5.85. The third kappa shape index (κ3) is 3.02. The lowest BCUT2D eigenvalue weighted by atomic mass is 10.0. The Morgan fingerprint density at radius 1 is 1.00 bits per heavy atom. The molecule has 2 aromatic carbocycles. The average Bonchev–Trinajstić information content (AvgIpc) is 2.69. The third-order valence-corrected chi connectivity index (χ3v) is 4.71. The average molecular weight is 378 g/mol. The van der Waals surface area contributed by atoms with Crippen molar-refractivity contribution in [3.63, 3.8) is 0 Å². The first-order valence-electron chi connectivity index (χ1n) is 8.58. The van der Waals surface area contributed by atoms with Crippen LogP contribution in [-0.4, -0.2) is 19.4 Å². The third-order valence-electron chi connectivity index (χ3n) is 4.71. The summed E-state index contributed by atoms with van der Waals surface area (Å²) in [5.74, 6) is 0.524. The van der Waals surface area contributed by atoms with E-state index in [1.54, 1.807) is 12.1 Å². The SMILES string of the molecule is O=c1c2cc([N+](=O)[O-])ccc2nc2n1CCC/C2=C\c1ccc([N+](=O)[O-])cc1. The quantitative estimate of drug-likeness (QED) is 0.507. The fourth-order valence-corrected chi connectivity index (χ4v) is 3.34. The highest BCUT2D eigenvalue weighted by Crippen LogP contribution is 2.28. The van der Waals surface area contributed by atoms with Gasteiger partial charge < -0.3 is 0 Å². The Balaban J connectivity index is 1.83. The van der Waals surface area contributed by atoms with Gasteiger partial charge in [-0.1, -0.05) is 0 Å². The lowest BCUT2D eigenvalue weighted by Crippen LogP contribution is -2.27. The van der Waals surface area contributed by atoms with E-state index in [0.717, 1.165) is 17.6 Å². The molecule has 4 rings (SSSR count). The van der Waals surface area contributed by atoms with Crippen molar-refractivity contribution in [2.45, 2.75) is 19.4 Å². The Morgan fingerprint density at radius 3 is 2.36 bits per heavy atom. The van der Waals surface area contributed by atoms with Crippen molar-refractivity contribution in [2.24, 2.45) is 0 Å². The van der Waals surface area contributed by atoms with Crippen molar-refractivity contribution >= 4 is 33.9 Å². The van der Waals surface area contributed by atoms with Crippen molar-refractivity contribution in [1.29, 1.82) is 0 Å². The van der Waals surface area contributed by atoms with Gasteiger partial charge >= 0.3 is 0 Å². The number of rotatable bonds is 3. The Labute approximate surface area is 157 Å². The van der Waals surface area contributed by atoms with E-state index < -0.39 is 9.85 Å². The number of nitro benzene ring substituents is 2. The lowest BCUT2D eigenvalue weighted by Gasteiger charge is -2.20. The first kappa shape index (κ1) is 17.5. The zero-order valence-electron chi connectivity index (χ0n) is 14.6. The number of nitro groups is 2. The molecular formula is C19H14N4O5. The van der Waals surface area contributed by atoms with Crippen LogP contribution in [0.4, 0.5) is 11.4 Å². The van der Waals surface area contributed by atoms with Gasteiger partial charge in [0.2, 0.25) is 0 Å². The summed E-state index contributed by atoms with van der Waals surface area (Å²) in [6.45, 7) is 0.484. The molecule has 3 aromatic rings. The van der Waals surface area contributed by atoms with Gasteiger partial charge in [0.1, 0.15) is 5.82 Å². The smallest absolute Gasteiger partial charge is 0.270 e. The second-order valence-corrected chi connectivity index (χ2v) is 6.47. The van der Waals surface area contributed by atoms with Crippen molar-refractivity contribution in [3.8, 4) is 0 Å². The minimum atomic E-state index is -0.539. The van der Waals surface area contributed by atoms with Gasteiger partial charge in [-0.05, 0) is 48.3 Å². The molecule has 0 radical (unpaired) electrons. The minimum Gasteiger partial charge on any atom is -0.292 e. The summed E-state index contributed by atoms with van der Waals surface area (Å²) < 4.78 is 1.53. The molecule has 0 spiro atoms. The second kappa shape index (κ2) is 6.69. The van der Waals surface area contributed by atoms with E-state index in [-0.39, 0.29) is 22.3 Å². The number of benzene rings is 2. The number of allylic oxidation sites excluding steroid dienone is 1. The van der Waals surface area contributed by atoms with Gasteiger partial charge in [0.25, 0.3) is 16.9 Å². The van der Waals surface area contributed by atoms with Gasteiger partial charge in [-0.15, -0.1) is 0 Å². The van der Waals surface area contributed by atoms with Gasteiger partial charge in [0.15, 0.2) is 0 Å². The number of aromatic nitrogens is 2. The second-order valence-electron chi connectivity index (χ2n) is 6.47. The van der Waals surface area contributed by atoms with Gasteiger partial charge in [-0.25, -0.2) is 4.98 Å². The zero-order valence-corrected chi connectivity index (χ0v) is 14.6. The molecule has 1 aliphatic heterocycles. The van der Waals surface area contributed by atoms with E-state index in [0.29, 0.717) is 24.3 Å². The fraction of sp³-hybridized carbons (Fsp3) is 0.158. The van der Waals surface area contributed by atoms with E-state index in [9.17, 15) is 25.0 Å². The number of hydrogen-bond donors (Lipinski definition) is 0. The zero-order chi connectivity index (χ0) is 19.8. The van der Waals surface area contributed by atoms with Gasteiger partial charge in [-0.3, -0.25) is 29.6 Å². The maximum atomic E-state index is 12.9. The largest absolute Gasteiger partial charge is 0.292 e. The molecule has 0 amide bonds. The Morgan fingerprint density at radius 2 is 1.68 bits per heavy atom. The molecule has 0 saturated heterocycles. The molecule has 1 aromatic heterocycles. The molecule has 140 valence electrons. The summed E-state index contributed by atoms with van der Waals surface area (Å²) in [7, 11) is 0. The molecule has 28 heavy (non-hydrogen) atoms. The Bertz CT molecular complexity index is 1210. The minimum absolute atomic E-state index is 0.00753. The molecule has 0 bridgehead atoms. The molecule has 9 nitrogen and oxygen atoms in total. The first-order chi connectivity index (χ1) is 13.4. The van der Waals surface area contributed by atoms with E-state index in [1.807, 2.05) is 6.08 Å². The molecule has 0 atom stereocenters. The molecule has 0 N–H and O–H groups in total. The van der Waals surface area contributed by atoms with Crippen molar-refractivity contribution in [3.05, 3.63) is 84.4 Å². The summed E-state index contributed by atoms with van der Waals surface area (Å²) in [5, 5.41) is 22.0. The molecule has 2 heterocycles. The Kier molecular flexibility index (Phi) is 4.19. The van der Waals surface area contributed by atoms with Gasteiger partial charge in [0.05, 0.1) is 20.7 Å². The maximum absolute atomic E-state index is 12.9. The number of non-ortho nitro benzene ring substituents is 2. The van der Waals surface area contributed by atoms with E-state index in [4.69, 9.17) is 0 Å². The van der Waals surface area contributed by atoms with Crippen LogP contribution in [-0.2, 0) is 6.54 Å². The highest BCUT2D eigenvalue weighted by atomic mass is 16.6. The van der Waals surface area contributed by atoms with Gasteiger partial charge in [-0.2, -0.15) is 0 Å². The van der Waals surface area contributed by atoms with Crippen molar-refractivity contribution in [1.82, 2.24) is 9.55 Å². The molecular weight excluding hydrogens is 364 g/mol. The van der Waals surface area contributed by atoms with Crippen LogP contribution >= 0.6 is 0 Å². The first-order valence-corrected chi connectivity index (χ1v) is 8.58. The van der Waals surface area contributed by atoms with Crippen LogP contribution < -0.4 is 5.56 Å². The highest BCUT2D eigenvalue weighted by Gasteiger charge is 2.20. The molecule has 0 saturated carbocycles. The summed E-state index contributed by atoms with van der Waals surface area (Å²) in [4.78, 5) is 38.2. The van der Waals surface area contributed by atoms with Crippen LogP contribution in [0.25, 0.3) is 22.6 Å². The summed E-state index contributed by atoms with van der Waals surface area (Å²) in [6.07, 6.45) is 3.30. The summed E-state index contributed by atoms with van der Waals surface area (Å²) in [6, 6.07) is 10.2. The molecule has 0 fully saturated rings. The predicted octanol–water partition coefficient (Wildman–Crippen LogP) is 3.55. The summed E-state index contributed by atoms with van der Waals surface area (Å²) in [5.41, 5.74) is 1.57. The standard InChI is InChI=1S/C19H14N4O5/c24-19-16-11-15(23(27)28)7-8-17(16)20-18-13(2-1-9-21(18)19)10-12-3-5-14(6-4-12)22(25)26/h3-8,10-11H,1-2,9H2/b13-10+. The number of fused-ring (bicyclic) bond motifs is 2. The van der Waals surface area contributed by atoms with E-state index in [1.165, 1.54) is 34.9 Å². The van der Waals surface area contributed by atoms with Crippen LogP contribution in [0.1, 0.15) is 24.2 Å². The van der Waals surface area contributed by atoms with Crippen LogP contribution in [0.5, 0.6) is 0 Å². The van der Waals surface area contributed by atoms with Crippen LogP contribution in [0.2, 0.25) is 0 Å². The number of nitrogens with zero attached hydrogens (tertiary/aromatic N) is 4.